The van der Waals surface area contributed by atoms with Gasteiger partial charge in [-0.25, -0.2) is 0 Å². The Morgan fingerprint density at radius 2 is 1.73 bits per heavy atom. The Morgan fingerprint density at radius 1 is 1.13 bits per heavy atom. The van der Waals surface area contributed by atoms with Gasteiger partial charge in [0.1, 0.15) is 0 Å². The van der Waals surface area contributed by atoms with Crippen molar-refractivity contribution in [1.82, 2.24) is 4.98 Å². The second-order valence-electron chi connectivity index (χ2n) is 2.30. The Kier molecular flexibility index (Phi) is 4.45. The van der Waals surface area contributed by atoms with Crippen LogP contribution in [0.25, 0.3) is 0 Å². The van der Waals surface area contributed by atoms with Gasteiger partial charge in [-0.05, 0) is 41.2 Å². The molecule has 1 N–H and O–H groups in total. The van der Waals surface area contributed by atoms with Crippen LogP contribution in [0.4, 0.5) is 13.2 Å². The summed E-state index contributed by atoms with van der Waals surface area (Å²) in [6, 6.07) is 1.27. The standard InChI is InChI=1S/C6H3Cl3F3NS2/c7-5(8,10)15-4-1-3(2-13-4)14-6(9,11)12/h1-2,13H. The summed E-state index contributed by atoms with van der Waals surface area (Å²) in [4.78, 5) is 2.69. The number of rotatable bonds is 4. The molecule has 1 aromatic rings. The van der Waals surface area contributed by atoms with E-state index >= 15 is 0 Å². The molecule has 0 aliphatic rings. The highest BCUT2D eigenvalue weighted by molar-refractivity contribution is 8.03. The fraction of sp³-hybridized carbons (Fsp3) is 0.333. The van der Waals surface area contributed by atoms with E-state index in [0.717, 1.165) is 0 Å². The van der Waals surface area contributed by atoms with Crippen LogP contribution in [0.5, 0.6) is 0 Å². The summed E-state index contributed by atoms with van der Waals surface area (Å²) in [5.74, 6) is 0. The van der Waals surface area contributed by atoms with Gasteiger partial charge in [0.25, 0.3) is 0 Å². The molecule has 0 fully saturated rings. The summed E-state index contributed by atoms with van der Waals surface area (Å²) in [6.07, 6.45) is 1.25. The zero-order valence-electron chi connectivity index (χ0n) is 6.74. The molecule has 0 atom stereocenters. The van der Waals surface area contributed by atoms with Crippen LogP contribution in [0, 0.1) is 0 Å². The molecule has 0 unspecified atom stereocenters. The first kappa shape index (κ1) is 13.7. The zero-order chi connectivity index (χ0) is 11.7. The maximum Gasteiger partial charge on any atom is 0.375 e. The topological polar surface area (TPSA) is 15.8 Å². The highest BCUT2D eigenvalue weighted by Gasteiger charge is 2.28. The van der Waals surface area contributed by atoms with Crippen molar-refractivity contribution in [1.29, 1.82) is 0 Å². The minimum Gasteiger partial charge on any atom is -0.355 e. The van der Waals surface area contributed by atoms with E-state index in [4.69, 9.17) is 34.8 Å². The van der Waals surface area contributed by atoms with Crippen LogP contribution in [0.3, 0.4) is 0 Å². The summed E-state index contributed by atoms with van der Waals surface area (Å²) in [7, 11) is 0. The van der Waals surface area contributed by atoms with Crippen molar-refractivity contribution in [2.24, 2.45) is 0 Å². The van der Waals surface area contributed by atoms with Crippen molar-refractivity contribution >= 4 is 58.3 Å². The second-order valence-corrected chi connectivity index (χ2v) is 7.07. The van der Waals surface area contributed by atoms with Crippen LogP contribution in [0.1, 0.15) is 0 Å². The lowest BCUT2D eigenvalue weighted by Crippen LogP contribution is -1.96. The predicted octanol–water partition coefficient (Wildman–Crippen LogP) is 5.05. The molecule has 1 heterocycles. The number of aromatic amines is 1. The molecule has 0 saturated heterocycles. The first-order chi connectivity index (χ1) is 6.66. The number of halogens is 6. The van der Waals surface area contributed by atoms with Gasteiger partial charge in [0, 0.05) is 11.1 Å². The van der Waals surface area contributed by atoms with Crippen molar-refractivity contribution in [2.45, 2.75) is 18.6 Å². The summed E-state index contributed by atoms with van der Waals surface area (Å²) in [5.41, 5.74) is 0. The van der Waals surface area contributed by atoms with Crippen LogP contribution in [-0.4, -0.2) is 13.6 Å². The number of nitrogens with one attached hydrogen (secondary N) is 1. The van der Waals surface area contributed by atoms with E-state index in [2.05, 4.69) is 4.98 Å². The van der Waals surface area contributed by atoms with Crippen molar-refractivity contribution in [3.05, 3.63) is 12.3 Å². The number of aromatic nitrogens is 1. The number of hydrogen-bond acceptors (Lipinski definition) is 2. The van der Waals surface area contributed by atoms with Crippen LogP contribution < -0.4 is 0 Å². The van der Waals surface area contributed by atoms with E-state index in [1.165, 1.54) is 12.3 Å². The molecule has 0 aromatic carbocycles. The SMILES string of the molecule is FC(F)(Cl)Sc1c[nH]c(SC(F)(Cl)Cl)c1. The number of hydrogen-bond donors (Lipinski definition) is 1. The maximum atomic E-state index is 12.7. The molecule has 86 valence electrons. The van der Waals surface area contributed by atoms with Gasteiger partial charge in [-0.3, -0.25) is 0 Å². The van der Waals surface area contributed by atoms with Gasteiger partial charge in [0.05, 0.1) is 5.03 Å². The average molecular weight is 317 g/mol. The fourth-order valence-electron chi connectivity index (χ4n) is 0.731. The van der Waals surface area contributed by atoms with Gasteiger partial charge < -0.3 is 4.98 Å². The first-order valence-electron chi connectivity index (χ1n) is 3.36. The first-order valence-corrected chi connectivity index (χ1v) is 6.12. The Bertz CT molecular complexity index is 303. The monoisotopic (exact) mass is 315 g/mol. The Labute approximate surface area is 107 Å². The molecular weight excluding hydrogens is 314 g/mol. The van der Waals surface area contributed by atoms with Gasteiger partial charge in [-0.1, -0.05) is 23.2 Å². The minimum absolute atomic E-state index is 0.126. The van der Waals surface area contributed by atoms with Gasteiger partial charge >= 0.3 is 8.63 Å². The molecule has 9 heteroatoms. The maximum absolute atomic E-state index is 12.7. The smallest absolute Gasteiger partial charge is 0.355 e. The van der Waals surface area contributed by atoms with Gasteiger partial charge in [-0.2, -0.15) is 13.2 Å². The normalized spacial score (nSPS) is 13.2. The van der Waals surface area contributed by atoms with Gasteiger partial charge in [0.15, 0.2) is 0 Å². The number of thioether (sulfide) groups is 2. The Balaban J connectivity index is 2.65. The van der Waals surface area contributed by atoms with Gasteiger partial charge in [-0.15, -0.1) is 0 Å². The van der Waals surface area contributed by atoms with Crippen molar-refractivity contribution < 1.29 is 13.2 Å². The summed E-state index contributed by atoms with van der Waals surface area (Å²) >= 11 is 15.4. The molecule has 1 nitrogen and oxygen atoms in total. The van der Waals surface area contributed by atoms with Crippen LogP contribution in [0.2, 0.25) is 0 Å². The number of H-pyrrole nitrogens is 1. The molecule has 0 saturated carbocycles. The molecule has 0 radical (unpaired) electrons. The van der Waals surface area contributed by atoms with Crippen LogP contribution >= 0.6 is 58.3 Å². The second kappa shape index (κ2) is 4.87. The zero-order valence-corrected chi connectivity index (χ0v) is 10.6. The molecule has 0 bridgehead atoms. The van der Waals surface area contributed by atoms with E-state index < -0.39 is 8.63 Å². The average Bonchev–Trinajstić information content (AvgIpc) is 2.28. The van der Waals surface area contributed by atoms with E-state index in [-0.39, 0.29) is 21.7 Å². The predicted molar refractivity (Wildman–Crippen MR) is 58.9 cm³/mol. The van der Waals surface area contributed by atoms with Crippen molar-refractivity contribution in [3.8, 4) is 0 Å². The van der Waals surface area contributed by atoms with E-state index in [1.807, 2.05) is 0 Å². The summed E-state index contributed by atoms with van der Waals surface area (Å²) < 4.78 is 31.5. The molecule has 15 heavy (non-hydrogen) atoms. The molecule has 1 aromatic heterocycles. The lowest BCUT2D eigenvalue weighted by Gasteiger charge is -2.05. The van der Waals surface area contributed by atoms with E-state index in [1.54, 1.807) is 0 Å². The van der Waals surface area contributed by atoms with Gasteiger partial charge in [0.2, 0.25) is 0 Å². The van der Waals surface area contributed by atoms with Crippen LogP contribution in [-0.2, 0) is 0 Å². The molecular formula is C6H3Cl3F3NS2. The van der Waals surface area contributed by atoms with E-state index in [9.17, 15) is 13.2 Å². The molecule has 0 aliphatic carbocycles. The number of alkyl halides is 6. The lowest BCUT2D eigenvalue weighted by atomic mass is 10.7. The third kappa shape index (κ3) is 6.06. The third-order valence-corrected chi connectivity index (χ3v) is 3.17. The summed E-state index contributed by atoms with van der Waals surface area (Å²) in [6.45, 7) is 0. The largest absolute Gasteiger partial charge is 0.375 e. The minimum atomic E-state index is -3.40. The quantitative estimate of drug-likeness (QED) is 0.618. The third-order valence-electron chi connectivity index (χ3n) is 1.09. The molecule has 0 spiro atoms. The van der Waals surface area contributed by atoms with Crippen molar-refractivity contribution in [2.75, 3.05) is 0 Å². The Morgan fingerprint density at radius 3 is 2.20 bits per heavy atom. The highest BCUT2D eigenvalue weighted by atomic mass is 35.5. The fourth-order valence-corrected chi connectivity index (χ4v) is 2.69. The van der Waals surface area contributed by atoms with Crippen molar-refractivity contribution in [3.63, 3.8) is 0 Å². The lowest BCUT2D eigenvalue weighted by molar-refractivity contribution is 0.203. The highest BCUT2D eigenvalue weighted by Crippen LogP contribution is 2.44. The molecule has 0 aliphatic heterocycles. The molecule has 0 amide bonds. The summed E-state index contributed by atoms with van der Waals surface area (Å²) in [5, 5.41) is 0.228. The molecule has 1 rings (SSSR count). The Hall–Kier alpha value is 0.640. The van der Waals surface area contributed by atoms with Crippen LogP contribution in [0.15, 0.2) is 22.2 Å². The van der Waals surface area contributed by atoms with E-state index in [0.29, 0.717) is 11.8 Å².